The number of carbonyl (C=O) groups is 2. The molecule has 1 N–H and O–H groups in total. The fraction of sp³-hybridized carbons (Fsp3) is 0.278. The summed E-state index contributed by atoms with van der Waals surface area (Å²) in [7, 11) is -4.16. The van der Waals surface area contributed by atoms with Gasteiger partial charge < -0.3 is 10.2 Å². The third kappa shape index (κ3) is 8.32. The average Bonchev–Trinajstić information content (AvgIpc) is 3.57. The number of rotatable bonds is 12. The molecule has 0 radical (unpaired) electrons. The van der Waals surface area contributed by atoms with Crippen molar-refractivity contribution >= 4 is 39.1 Å². The zero-order valence-corrected chi connectivity index (χ0v) is 26.9. The summed E-state index contributed by atoms with van der Waals surface area (Å²) < 4.78 is 29.2. The summed E-state index contributed by atoms with van der Waals surface area (Å²) in [5, 5.41) is 3.64. The molecule has 0 heterocycles. The van der Waals surface area contributed by atoms with Crippen LogP contribution in [0, 0.1) is 6.92 Å². The van der Waals surface area contributed by atoms with E-state index in [1.54, 1.807) is 42.5 Å². The van der Waals surface area contributed by atoms with E-state index in [1.807, 2.05) is 61.5 Å². The second-order valence-corrected chi connectivity index (χ2v) is 13.8. The lowest BCUT2D eigenvalue weighted by molar-refractivity contribution is -0.140. The maximum absolute atomic E-state index is 14.5. The Kier molecular flexibility index (Phi) is 10.6. The first-order valence-electron chi connectivity index (χ1n) is 15.2. The van der Waals surface area contributed by atoms with Crippen molar-refractivity contribution in [3.8, 4) is 0 Å². The van der Waals surface area contributed by atoms with Crippen molar-refractivity contribution in [1.29, 1.82) is 0 Å². The predicted octanol–water partition coefficient (Wildman–Crippen LogP) is 6.54. The van der Waals surface area contributed by atoms with Gasteiger partial charge in [-0.2, -0.15) is 0 Å². The lowest BCUT2D eigenvalue weighted by atomic mass is 10.0. The van der Waals surface area contributed by atoms with E-state index in [0.29, 0.717) is 10.7 Å². The van der Waals surface area contributed by atoms with Gasteiger partial charge in [-0.15, -0.1) is 0 Å². The quantitative estimate of drug-likeness (QED) is 0.190. The van der Waals surface area contributed by atoms with Crippen molar-refractivity contribution in [2.75, 3.05) is 10.8 Å². The van der Waals surface area contributed by atoms with Gasteiger partial charge in [0, 0.05) is 24.0 Å². The van der Waals surface area contributed by atoms with E-state index in [4.69, 9.17) is 11.6 Å². The molecule has 7 nitrogen and oxygen atoms in total. The Morgan fingerprint density at radius 1 is 0.822 bits per heavy atom. The molecule has 1 aliphatic carbocycles. The molecule has 1 fully saturated rings. The summed E-state index contributed by atoms with van der Waals surface area (Å²) in [6.07, 6.45) is 4.18. The first-order chi connectivity index (χ1) is 21.7. The van der Waals surface area contributed by atoms with Crippen LogP contribution < -0.4 is 9.62 Å². The Labute approximate surface area is 270 Å². The van der Waals surface area contributed by atoms with Crippen molar-refractivity contribution in [2.24, 2.45) is 0 Å². The highest BCUT2D eigenvalue weighted by Gasteiger charge is 2.35. The van der Waals surface area contributed by atoms with Crippen LogP contribution in [0.5, 0.6) is 0 Å². The molecular formula is C36H38ClN3O4S. The van der Waals surface area contributed by atoms with Crippen molar-refractivity contribution < 1.29 is 18.0 Å². The zero-order chi connectivity index (χ0) is 31.8. The van der Waals surface area contributed by atoms with Gasteiger partial charge in [0.05, 0.1) is 10.6 Å². The number of halogens is 1. The smallest absolute Gasteiger partial charge is 0.264 e. The molecule has 1 saturated carbocycles. The van der Waals surface area contributed by atoms with Crippen LogP contribution in [0.3, 0.4) is 0 Å². The number of anilines is 1. The highest BCUT2D eigenvalue weighted by molar-refractivity contribution is 7.92. The number of hydrogen-bond acceptors (Lipinski definition) is 4. The van der Waals surface area contributed by atoms with Crippen LogP contribution in [0.15, 0.2) is 114 Å². The Morgan fingerprint density at radius 2 is 1.42 bits per heavy atom. The number of amides is 2. The molecule has 0 unspecified atom stereocenters. The maximum atomic E-state index is 14.5. The average molecular weight is 644 g/mol. The van der Waals surface area contributed by atoms with Crippen LogP contribution in [-0.4, -0.2) is 43.8 Å². The van der Waals surface area contributed by atoms with Gasteiger partial charge in [0.1, 0.15) is 12.6 Å². The van der Waals surface area contributed by atoms with Gasteiger partial charge in [-0.05, 0) is 67.3 Å². The Morgan fingerprint density at radius 3 is 2.04 bits per heavy atom. The molecule has 45 heavy (non-hydrogen) atoms. The molecular weight excluding hydrogens is 606 g/mol. The third-order valence-electron chi connectivity index (χ3n) is 8.17. The first-order valence-corrected chi connectivity index (χ1v) is 17.1. The van der Waals surface area contributed by atoms with E-state index < -0.39 is 28.5 Å². The van der Waals surface area contributed by atoms with Gasteiger partial charge in [0.25, 0.3) is 10.0 Å². The molecule has 2 amide bonds. The van der Waals surface area contributed by atoms with Crippen LogP contribution in [0.1, 0.15) is 42.4 Å². The Hall–Kier alpha value is -4.14. The third-order valence-corrected chi connectivity index (χ3v) is 10.2. The minimum atomic E-state index is -4.16. The number of hydrogen-bond donors (Lipinski definition) is 1. The molecule has 0 saturated heterocycles. The van der Waals surface area contributed by atoms with Crippen LogP contribution >= 0.6 is 11.6 Å². The summed E-state index contributed by atoms with van der Waals surface area (Å²) in [4.78, 5) is 30.2. The van der Waals surface area contributed by atoms with Crippen molar-refractivity contribution in [2.45, 2.75) is 62.6 Å². The van der Waals surface area contributed by atoms with E-state index in [-0.39, 0.29) is 29.8 Å². The van der Waals surface area contributed by atoms with Crippen molar-refractivity contribution in [1.82, 2.24) is 10.2 Å². The number of carbonyl (C=O) groups excluding carboxylic acids is 2. The van der Waals surface area contributed by atoms with Gasteiger partial charge >= 0.3 is 0 Å². The lowest BCUT2D eigenvalue weighted by Gasteiger charge is -2.34. The monoisotopic (exact) mass is 643 g/mol. The minimum absolute atomic E-state index is 0.0520. The Balaban J connectivity index is 1.55. The van der Waals surface area contributed by atoms with E-state index in [1.165, 1.54) is 17.0 Å². The first kappa shape index (κ1) is 32.3. The van der Waals surface area contributed by atoms with Gasteiger partial charge in [0.15, 0.2) is 0 Å². The van der Waals surface area contributed by atoms with E-state index in [2.05, 4.69) is 5.32 Å². The SMILES string of the molecule is Cc1ccc(CN(C(=O)CN(c2ccc(Cl)cc2)S(=O)(=O)c2ccccc2)[C@H](Cc2ccccc2)C(=O)NC2CCCC2)cc1. The molecule has 234 valence electrons. The van der Waals surface area contributed by atoms with Gasteiger partial charge in [-0.3, -0.25) is 13.9 Å². The summed E-state index contributed by atoms with van der Waals surface area (Å²) in [6, 6.07) is 30.9. The van der Waals surface area contributed by atoms with E-state index >= 15 is 0 Å². The van der Waals surface area contributed by atoms with Crippen molar-refractivity contribution in [3.05, 3.63) is 131 Å². The summed E-state index contributed by atoms with van der Waals surface area (Å²) >= 11 is 6.14. The summed E-state index contributed by atoms with van der Waals surface area (Å²) in [5.41, 5.74) is 3.10. The standard InChI is InChI=1S/C36H38ClN3O4S/c1-27-16-18-29(19-17-27)25-39(34(24-28-10-4-2-5-11-28)36(42)38-31-12-8-9-13-31)35(41)26-40(32-22-20-30(37)21-23-32)45(43,44)33-14-6-3-7-15-33/h2-7,10-11,14-23,31,34H,8-9,12-13,24-26H2,1H3,(H,38,42)/t34-/m1/s1. The number of aryl methyl sites for hydroxylation is 1. The van der Waals surface area contributed by atoms with Gasteiger partial charge in [-0.25, -0.2) is 8.42 Å². The topological polar surface area (TPSA) is 86.8 Å². The highest BCUT2D eigenvalue weighted by Crippen LogP contribution is 2.27. The molecule has 4 aromatic carbocycles. The fourth-order valence-corrected chi connectivity index (χ4v) is 7.23. The second-order valence-electron chi connectivity index (χ2n) is 11.5. The number of nitrogens with zero attached hydrogens (tertiary/aromatic N) is 2. The minimum Gasteiger partial charge on any atom is -0.352 e. The molecule has 9 heteroatoms. The second kappa shape index (κ2) is 14.8. The van der Waals surface area contributed by atoms with Gasteiger partial charge in [0.2, 0.25) is 11.8 Å². The molecule has 4 aromatic rings. The van der Waals surface area contributed by atoms with E-state index in [0.717, 1.165) is 46.7 Å². The summed E-state index contributed by atoms with van der Waals surface area (Å²) in [6.45, 7) is 1.61. The molecule has 0 bridgehead atoms. The Bertz CT molecular complexity index is 1680. The lowest BCUT2D eigenvalue weighted by Crippen LogP contribution is -2.54. The largest absolute Gasteiger partial charge is 0.352 e. The molecule has 1 atom stereocenters. The predicted molar refractivity (Wildman–Crippen MR) is 178 cm³/mol. The normalized spacial score (nSPS) is 14.1. The van der Waals surface area contributed by atoms with Crippen LogP contribution in [0.4, 0.5) is 5.69 Å². The molecule has 5 rings (SSSR count). The molecule has 0 aliphatic heterocycles. The number of sulfonamides is 1. The molecule has 0 spiro atoms. The van der Waals surface area contributed by atoms with Crippen LogP contribution in [0.2, 0.25) is 5.02 Å². The number of benzene rings is 4. The molecule has 1 aliphatic rings. The van der Waals surface area contributed by atoms with Crippen molar-refractivity contribution in [3.63, 3.8) is 0 Å². The maximum Gasteiger partial charge on any atom is 0.264 e. The van der Waals surface area contributed by atoms with Crippen LogP contribution in [0.25, 0.3) is 0 Å². The molecule has 0 aromatic heterocycles. The summed E-state index contributed by atoms with van der Waals surface area (Å²) in [5.74, 6) is -0.734. The van der Waals surface area contributed by atoms with Gasteiger partial charge in [-0.1, -0.05) is 103 Å². The number of nitrogens with one attached hydrogen (secondary N) is 1. The van der Waals surface area contributed by atoms with E-state index in [9.17, 15) is 18.0 Å². The highest BCUT2D eigenvalue weighted by atomic mass is 35.5. The fourth-order valence-electron chi connectivity index (χ4n) is 5.67. The zero-order valence-electron chi connectivity index (χ0n) is 25.3. The van der Waals surface area contributed by atoms with Crippen LogP contribution in [-0.2, 0) is 32.6 Å².